The lowest BCUT2D eigenvalue weighted by atomic mass is 10.0. The second-order valence-electron chi connectivity index (χ2n) is 5.31. The number of esters is 1. The van der Waals surface area contributed by atoms with Gasteiger partial charge in [-0.2, -0.15) is 0 Å². The van der Waals surface area contributed by atoms with Crippen LogP contribution in [0.25, 0.3) is 6.08 Å². The monoisotopic (exact) mass is 322 g/mol. The summed E-state index contributed by atoms with van der Waals surface area (Å²) >= 11 is 0. The van der Waals surface area contributed by atoms with Crippen LogP contribution >= 0.6 is 0 Å². The van der Waals surface area contributed by atoms with E-state index in [1.165, 1.54) is 18.2 Å². The van der Waals surface area contributed by atoms with E-state index >= 15 is 0 Å². The van der Waals surface area contributed by atoms with Crippen LogP contribution in [-0.4, -0.2) is 40.9 Å². The van der Waals surface area contributed by atoms with E-state index in [1.807, 2.05) is 6.92 Å². The summed E-state index contributed by atoms with van der Waals surface area (Å²) in [4.78, 5) is 35.1. The van der Waals surface area contributed by atoms with Crippen molar-refractivity contribution in [1.29, 1.82) is 0 Å². The summed E-state index contributed by atoms with van der Waals surface area (Å²) < 4.78 is 9.75. The van der Waals surface area contributed by atoms with Gasteiger partial charge in [-0.1, -0.05) is 0 Å². The van der Waals surface area contributed by atoms with E-state index in [9.17, 15) is 19.7 Å². The fourth-order valence-corrected chi connectivity index (χ4v) is 2.41. The number of hydrogen-bond donors (Lipinski definition) is 0. The van der Waals surface area contributed by atoms with Crippen molar-refractivity contribution in [3.05, 3.63) is 34.1 Å². The van der Waals surface area contributed by atoms with Crippen molar-refractivity contribution < 1.29 is 23.7 Å². The average molecular weight is 322 g/mol. The van der Waals surface area contributed by atoms with Gasteiger partial charge in [0.15, 0.2) is 6.61 Å². The van der Waals surface area contributed by atoms with Gasteiger partial charge in [0.2, 0.25) is 0 Å². The molecule has 1 aliphatic rings. The summed E-state index contributed by atoms with van der Waals surface area (Å²) in [6.45, 7) is 2.35. The molecule has 0 bridgehead atoms. The van der Waals surface area contributed by atoms with Crippen LogP contribution in [0.5, 0.6) is 0 Å². The smallest absolute Gasteiger partial charge is 0.433 e. The molecular formula is C15H18N2O6. The van der Waals surface area contributed by atoms with Gasteiger partial charge in [-0.3, -0.25) is 14.9 Å². The van der Waals surface area contributed by atoms with Gasteiger partial charge >= 0.3 is 11.9 Å². The molecule has 2 heterocycles. The number of carbonyl (C=O) groups is 2. The quantitative estimate of drug-likeness (QED) is 0.356. The van der Waals surface area contributed by atoms with Crippen LogP contribution < -0.4 is 0 Å². The minimum absolute atomic E-state index is 0.157. The molecule has 1 fully saturated rings. The van der Waals surface area contributed by atoms with Gasteiger partial charge in [0, 0.05) is 18.7 Å². The molecule has 1 aromatic heterocycles. The number of rotatable bonds is 5. The molecule has 1 atom stereocenters. The maximum Gasteiger partial charge on any atom is 0.433 e. The van der Waals surface area contributed by atoms with E-state index in [4.69, 9.17) is 9.15 Å². The predicted octanol–water partition coefficient (Wildman–Crippen LogP) is 2.15. The van der Waals surface area contributed by atoms with Crippen LogP contribution in [0, 0.1) is 10.1 Å². The zero-order valence-electron chi connectivity index (χ0n) is 12.8. The van der Waals surface area contributed by atoms with Crippen molar-refractivity contribution in [3.8, 4) is 0 Å². The van der Waals surface area contributed by atoms with Gasteiger partial charge in [-0.15, -0.1) is 0 Å². The molecule has 2 rings (SSSR count). The summed E-state index contributed by atoms with van der Waals surface area (Å²) in [6.07, 6.45) is 5.33. The number of piperidine rings is 1. The van der Waals surface area contributed by atoms with Crippen LogP contribution in [0.15, 0.2) is 22.6 Å². The number of nitrogens with zero attached hydrogens (tertiary/aromatic N) is 2. The zero-order valence-corrected chi connectivity index (χ0v) is 12.8. The number of carbonyl (C=O) groups excluding carboxylic acids is 2. The van der Waals surface area contributed by atoms with Gasteiger partial charge in [0.25, 0.3) is 5.91 Å². The highest BCUT2D eigenvalue weighted by Gasteiger charge is 2.23. The number of amides is 1. The Kier molecular flexibility index (Phi) is 5.51. The Labute approximate surface area is 132 Å². The molecule has 0 radical (unpaired) electrons. The standard InChI is InChI=1S/C15H18N2O6/c1-11-4-2-3-9-16(11)13(18)10-22-15(19)8-6-12-5-7-14(23-12)17(20)21/h5-8,11H,2-4,9-10H2,1H3/b8-6+/t11-/m0/s1. The van der Waals surface area contributed by atoms with Crippen LogP contribution in [-0.2, 0) is 14.3 Å². The predicted molar refractivity (Wildman–Crippen MR) is 80.4 cm³/mol. The molecule has 8 nitrogen and oxygen atoms in total. The number of ether oxygens (including phenoxy) is 1. The summed E-state index contributed by atoms with van der Waals surface area (Å²) in [6, 6.07) is 2.71. The summed E-state index contributed by atoms with van der Waals surface area (Å²) in [5, 5.41) is 10.5. The maximum absolute atomic E-state index is 12.0. The van der Waals surface area contributed by atoms with Gasteiger partial charge < -0.3 is 14.1 Å². The Morgan fingerprint density at radius 1 is 1.48 bits per heavy atom. The first kappa shape index (κ1) is 16.7. The van der Waals surface area contributed by atoms with Crippen molar-refractivity contribution >= 4 is 23.8 Å². The maximum atomic E-state index is 12.0. The third-order valence-corrected chi connectivity index (χ3v) is 3.64. The van der Waals surface area contributed by atoms with Gasteiger partial charge in [0.1, 0.15) is 10.7 Å². The number of furan rings is 1. The lowest BCUT2D eigenvalue weighted by molar-refractivity contribution is -0.402. The van der Waals surface area contributed by atoms with E-state index in [1.54, 1.807) is 4.90 Å². The second-order valence-corrected chi connectivity index (χ2v) is 5.31. The first-order valence-corrected chi connectivity index (χ1v) is 7.36. The highest BCUT2D eigenvalue weighted by atomic mass is 16.6. The molecule has 0 spiro atoms. The Morgan fingerprint density at radius 3 is 2.91 bits per heavy atom. The molecule has 124 valence electrons. The van der Waals surface area contributed by atoms with Crippen molar-refractivity contribution in [3.63, 3.8) is 0 Å². The molecule has 0 aromatic carbocycles. The number of nitro groups is 1. The van der Waals surface area contributed by atoms with E-state index in [-0.39, 0.29) is 24.3 Å². The third kappa shape index (κ3) is 4.67. The Hall–Kier alpha value is -2.64. The molecular weight excluding hydrogens is 304 g/mol. The van der Waals surface area contributed by atoms with Crippen molar-refractivity contribution in [2.24, 2.45) is 0 Å². The van der Waals surface area contributed by atoms with Crippen molar-refractivity contribution in [2.75, 3.05) is 13.2 Å². The number of likely N-dealkylation sites (tertiary alicyclic amines) is 1. The summed E-state index contributed by atoms with van der Waals surface area (Å²) in [5.74, 6) is -1.17. The lowest BCUT2D eigenvalue weighted by Gasteiger charge is -2.33. The molecule has 8 heteroatoms. The largest absolute Gasteiger partial charge is 0.452 e. The molecule has 1 amide bonds. The van der Waals surface area contributed by atoms with Crippen LogP contribution in [0.3, 0.4) is 0 Å². The molecule has 23 heavy (non-hydrogen) atoms. The van der Waals surface area contributed by atoms with E-state index in [2.05, 4.69) is 0 Å². The molecule has 0 N–H and O–H groups in total. The average Bonchev–Trinajstić information content (AvgIpc) is 3.00. The van der Waals surface area contributed by atoms with Crippen LogP contribution in [0.1, 0.15) is 31.9 Å². The highest BCUT2D eigenvalue weighted by molar-refractivity contribution is 5.89. The Morgan fingerprint density at radius 2 is 2.26 bits per heavy atom. The third-order valence-electron chi connectivity index (χ3n) is 3.64. The normalized spacial score (nSPS) is 18.1. The fraction of sp³-hybridized carbons (Fsp3) is 0.467. The zero-order chi connectivity index (χ0) is 16.8. The minimum atomic E-state index is -0.706. The molecule has 0 saturated carbocycles. The van der Waals surface area contributed by atoms with Gasteiger partial charge in [-0.05, 0) is 38.3 Å². The Balaban J connectivity index is 1.81. The lowest BCUT2D eigenvalue weighted by Crippen LogP contribution is -2.44. The van der Waals surface area contributed by atoms with Gasteiger partial charge in [0.05, 0.1) is 6.07 Å². The molecule has 0 aliphatic carbocycles. The first-order chi connectivity index (χ1) is 11.0. The van der Waals surface area contributed by atoms with Crippen LogP contribution in [0.4, 0.5) is 5.88 Å². The summed E-state index contributed by atoms with van der Waals surface area (Å²) in [5.41, 5.74) is 0. The SMILES string of the molecule is C[C@H]1CCCCN1C(=O)COC(=O)/C=C/c1ccc([N+](=O)[O-])o1. The topological polar surface area (TPSA) is 103 Å². The van der Waals surface area contributed by atoms with E-state index in [0.717, 1.165) is 25.3 Å². The van der Waals surface area contributed by atoms with Crippen molar-refractivity contribution in [2.45, 2.75) is 32.2 Å². The fourth-order valence-electron chi connectivity index (χ4n) is 2.41. The molecule has 0 unspecified atom stereocenters. The van der Waals surface area contributed by atoms with Crippen LogP contribution in [0.2, 0.25) is 0 Å². The molecule has 1 aliphatic heterocycles. The minimum Gasteiger partial charge on any atom is -0.452 e. The molecule has 1 aromatic rings. The highest BCUT2D eigenvalue weighted by Crippen LogP contribution is 2.17. The number of hydrogen-bond acceptors (Lipinski definition) is 6. The van der Waals surface area contributed by atoms with Crippen molar-refractivity contribution in [1.82, 2.24) is 4.90 Å². The van der Waals surface area contributed by atoms with E-state index in [0.29, 0.717) is 6.54 Å². The Bertz CT molecular complexity index is 621. The summed E-state index contributed by atoms with van der Waals surface area (Å²) in [7, 11) is 0. The van der Waals surface area contributed by atoms with Gasteiger partial charge in [-0.25, -0.2) is 4.79 Å². The second kappa shape index (κ2) is 7.57. The van der Waals surface area contributed by atoms with E-state index < -0.39 is 16.8 Å². The molecule has 1 saturated heterocycles. The first-order valence-electron chi connectivity index (χ1n) is 7.36.